The van der Waals surface area contributed by atoms with Crippen LogP contribution < -0.4 is 0 Å². The third kappa shape index (κ3) is 8.65. The van der Waals surface area contributed by atoms with Crippen LogP contribution in [0, 0.1) is 10.8 Å². The molecule has 0 atom stereocenters. The SMILES string of the molecule is CC(C)(C)CCN1CCCN(CCC(C)(C)C)CC1. The molecule has 0 N–H and O–H groups in total. The van der Waals surface area contributed by atoms with Gasteiger partial charge in [-0.2, -0.15) is 0 Å². The molecule has 0 aromatic rings. The van der Waals surface area contributed by atoms with Gasteiger partial charge in [-0.25, -0.2) is 0 Å². The summed E-state index contributed by atoms with van der Waals surface area (Å²) in [5.74, 6) is 0. The van der Waals surface area contributed by atoms with Crippen LogP contribution in [0.2, 0.25) is 0 Å². The summed E-state index contributed by atoms with van der Waals surface area (Å²) < 4.78 is 0. The molecule has 0 aromatic heterocycles. The Morgan fingerprint density at radius 3 is 1.32 bits per heavy atom. The summed E-state index contributed by atoms with van der Waals surface area (Å²) in [6.45, 7) is 21.8. The van der Waals surface area contributed by atoms with Gasteiger partial charge in [-0.1, -0.05) is 41.5 Å². The molecule has 0 aromatic carbocycles. The number of nitrogens with zero attached hydrogens (tertiary/aromatic N) is 2. The molecule has 0 amide bonds. The highest BCUT2D eigenvalue weighted by atomic mass is 15.2. The van der Waals surface area contributed by atoms with E-state index in [0.29, 0.717) is 10.8 Å². The molecule has 1 fully saturated rings. The molecule has 0 bridgehead atoms. The van der Waals surface area contributed by atoms with Gasteiger partial charge in [-0.15, -0.1) is 0 Å². The Morgan fingerprint density at radius 1 is 0.632 bits per heavy atom. The van der Waals surface area contributed by atoms with Crippen molar-refractivity contribution in [2.75, 3.05) is 39.3 Å². The molecular weight excluding hydrogens is 232 g/mol. The van der Waals surface area contributed by atoms with Gasteiger partial charge in [0.05, 0.1) is 0 Å². The summed E-state index contributed by atoms with van der Waals surface area (Å²) in [5.41, 5.74) is 0.941. The van der Waals surface area contributed by atoms with Gasteiger partial charge in [0.25, 0.3) is 0 Å². The summed E-state index contributed by atoms with van der Waals surface area (Å²) in [6.07, 6.45) is 3.97. The normalized spacial score (nSPS) is 20.5. The van der Waals surface area contributed by atoms with Crippen molar-refractivity contribution < 1.29 is 0 Å². The van der Waals surface area contributed by atoms with Crippen molar-refractivity contribution in [2.24, 2.45) is 10.8 Å². The van der Waals surface area contributed by atoms with Crippen molar-refractivity contribution in [1.82, 2.24) is 9.80 Å². The Bertz CT molecular complexity index is 221. The first-order valence-electron chi connectivity index (χ1n) is 8.10. The summed E-state index contributed by atoms with van der Waals surface area (Å²) >= 11 is 0. The first-order valence-corrected chi connectivity index (χ1v) is 8.10. The average molecular weight is 268 g/mol. The van der Waals surface area contributed by atoms with Crippen LogP contribution in [-0.4, -0.2) is 49.1 Å². The molecule has 2 heteroatoms. The van der Waals surface area contributed by atoms with Crippen molar-refractivity contribution in [1.29, 1.82) is 0 Å². The van der Waals surface area contributed by atoms with Gasteiger partial charge in [0.1, 0.15) is 0 Å². The average Bonchev–Trinajstić information content (AvgIpc) is 2.47. The summed E-state index contributed by atoms with van der Waals surface area (Å²) in [4.78, 5) is 5.34. The van der Waals surface area contributed by atoms with Crippen molar-refractivity contribution >= 4 is 0 Å². The van der Waals surface area contributed by atoms with E-state index in [1.54, 1.807) is 0 Å². The van der Waals surface area contributed by atoms with E-state index in [-0.39, 0.29) is 0 Å². The van der Waals surface area contributed by atoms with E-state index in [4.69, 9.17) is 0 Å². The van der Waals surface area contributed by atoms with Crippen LogP contribution in [0.5, 0.6) is 0 Å². The van der Waals surface area contributed by atoms with Crippen LogP contribution in [0.1, 0.15) is 60.8 Å². The van der Waals surface area contributed by atoms with Crippen molar-refractivity contribution in [3.05, 3.63) is 0 Å². The van der Waals surface area contributed by atoms with Crippen LogP contribution in [0.15, 0.2) is 0 Å². The van der Waals surface area contributed by atoms with Gasteiger partial charge in [-0.3, -0.25) is 0 Å². The summed E-state index contributed by atoms with van der Waals surface area (Å²) in [6, 6.07) is 0. The third-order valence-corrected chi connectivity index (χ3v) is 4.04. The van der Waals surface area contributed by atoms with E-state index in [9.17, 15) is 0 Å². The lowest BCUT2D eigenvalue weighted by Crippen LogP contribution is -2.33. The van der Waals surface area contributed by atoms with Gasteiger partial charge in [0.15, 0.2) is 0 Å². The Hall–Kier alpha value is -0.0800. The third-order valence-electron chi connectivity index (χ3n) is 4.04. The second-order valence-corrected chi connectivity index (χ2v) is 8.66. The first-order chi connectivity index (χ1) is 8.66. The Morgan fingerprint density at radius 2 is 1.00 bits per heavy atom. The fourth-order valence-corrected chi connectivity index (χ4v) is 2.46. The maximum absolute atomic E-state index is 2.67. The molecule has 1 saturated heterocycles. The molecule has 1 aliphatic heterocycles. The minimum Gasteiger partial charge on any atom is -0.302 e. The van der Waals surface area contributed by atoms with Crippen LogP contribution in [0.3, 0.4) is 0 Å². The molecular formula is C17H36N2. The number of rotatable bonds is 4. The Kier molecular flexibility index (Phi) is 6.32. The fraction of sp³-hybridized carbons (Fsp3) is 1.00. The Labute approximate surface area is 121 Å². The summed E-state index contributed by atoms with van der Waals surface area (Å²) in [5, 5.41) is 0. The highest BCUT2D eigenvalue weighted by molar-refractivity contribution is 4.73. The highest BCUT2D eigenvalue weighted by Gasteiger charge is 2.19. The zero-order chi connectivity index (χ0) is 14.5. The molecule has 2 nitrogen and oxygen atoms in total. The summed E-state index contributed by atoms with van der Waals surface area (Å²) in [7, 11) is 0. The zero-order valence-electron chi connectivity index (χ0n) is 14.3. The van der Waals surface area contributed by atoms with E-state index < -0.39 is 0 Å². The maximum Gasteiger partial charge on any atom is 0.0109 e. The molecule has 0 unspecified atom stereocenters. The maximum atomic E-state index is 2.67. The quantitative estimate of drug-likeness (QED) is 0.764. The number of hydrogen-bond donors (Lipinski definition) is 0. The van der Waals surface area contributed by atoms with Crippen LogP contribution in [0.25, 0.3) is 0 Å². The topological polar surface area (TPSA) is 6.48 Å². The fourth-order valence-electron chi connectivity index (χ4n) is 2.46. The lowest BCUT2D eigenvalue weighted by atomic mass is 9.92. The van der Waals surface area contributed by atoms with Crippen LogP contribution >= 0.6 is 0 Å². The molecule has 0 saturated carbocycles. The van der Waals surface area contributed by atoms with Gasteiger partial charge in [-0.05, 0) is 56.3 Å². The van der Waals surface area contributed by atoms with E-state index in [0.717, 1.165) is 0 Å². The molecule has 1 rings (SSSR count). The number of hydrogen-bond acceptors (Lipinski definition) is 2. The minimum atomic E-state index is 0.470. The molecule has 0 aliphatic carbocycles. The smallest absolute Gasteiger partial charge is 0.0109 e. The van der Waals surface area contributed by atoms with Gasteiger partial charge >= 0.3 is 0 Å². The van der Waals surface area contributed by atoms with Crippen molar-refractivity contribution in [3.8, 4) is 0 Å². The Balaban J connectivity index is 2.27. The second-order valence-electron chi connectivity index (χ2n) is 8.66. The lowest BCUT2D eigenvalue weighted by Gasteiger charge is -2.27. The molecule has 0 spiro atoms. The van der Waals surface area contributed by atoms with Gasteiger partial charge in [0.2, 0.25) is 0 Å². The monoisotopic (exact) mass is 268 g/mol. The minimum absolute atomic E-state index is 0.470. The van der Waals surface area contributed by atoms with Gasteiger partial charge in [0, 0.05) is 13.1 Å². The van der Waals surface area contributed by atoms with Crippen LogP contribution in [0.4, 0.5) is 0 Å². The van der Waals surface area contributed by atoms with Crippen molar-refractivity contribution in [3.63, 3.8) is 0 Å². The largest absolute Gasteiger partial charge is 0.302 e. The first kappa shape index (κ1) is 17.0. The van der Waals surface area contributed by atoms with Gasteiger partial charge < -0.3 is 9.80 Å². The molecule has 1 aliphatic rings. The van der Waals surface area contributed by atoms with E-state index in [1.807, 2.05) is 0 Å². The molecule has 1 heterocycles. The van der Waals surface area contributed by atoms with Crippen LogP contribution in [-0.2, 0) is 0 Å². The highest BCUT2D eigenvalue weighted by Crippen LogP contribution is 2.21. The predicted octanol–water partition coefficient (Wildman–Crippen LogP) is 3.87. The standard InChI is InChI=1S/C17H36N2/c1-16(2,3)8-12-18-10-7-11-19(15-14-18)13-9-17(4,5)6/h7-15H2,1-6H3. The van der Waals surface area contributed by atoms with E-state index in [2.05, 4.69) is 51.3 Å². The molecule has 0 radical (unpaired) electrons. The zero-order valence-corrected chi connectivity index (χ0v) is 14.3. The van der Waals surface area contributed by atoms with Crippen molar-refractivity contribution in [2.45, 2.75) is 60.8 Å². The van der Waals surface area contributed by atoms with E-state index in [1.165, 1.54) is 58.5 Å². The van der Waals surface area contributed by atoms with E-state index >= 15 is 0 Å². The predicted molar refractivity (Wildman–Crippen MR) is 85.6 cm³/mol. The second kappa shape index (κ2) is 7.08. The lowest BCUT2D eigenvalue weighted by molar-refractivity contribution is 0.212. The molecule has 19 heavy (non-hydrogen) atoms. The molecule has 114 valence electrons.